The summed E-state index contributed by atoms with van der Waals surface area (Å²) in [4.78, 5) is 50.8. The van der Waals surface area contributed by atoms with Crippen LogP contribution in [0.4, 0.5) is 13.2 Å². The first-order valence-corrected chi connectivity index (χ1v) is 10.9. The fraction of sp³-hybridized carbons (Fsp3) is 0.478. The van der Waals surface area contributed by atoms with Crippen LogP contribution in [-0.2, 0) is 22.6 Å². The topological polar surface area (TPSA) is 109 Å². The van der Waals surface area contributed by atoms with Gasteiger partial charge in [-0.1, -0.05) is 6.08 Å². The van der Waals surface area contributed by atoms with Crippen LogP contribution in [0.25, 0.3) is 0 Å². The van der Waals surface area contributed by atoms with Gasteiger partial charge in [0.1, 0.15) is 17.1 Å². The number of halogens is 3. The summed E-state index contributed by atoms with van der Waals surface area (Å²) in [6.45, 7) is 4.88. The molecule has 34 heavy (non-hydrogen) atoms. The first-order chi connectivity index (χ1) is 15.9. The van der Waals surface area contributed by atoms with E-state index in [4.69, 9.17) is 0 Å². The van der Waals surface area contributed by atoms with Crippen molar-refractivity contribution in [2.75, 3.05) is 7.05 Å². The van der Waals surface area contributed by atoms with Gasteiger partial charge in [0.15, 0.2) is 0 Å². The number of nitrogens with one attached hydrogen (secondary N) is 3. The first kappa shape index (κ1) is 25.3. The van der Waals surface area contributed by atoms with E-state index in [2.05, 4.69) is 16.0 Å². The lowest BCUT2D eigenvalue weighted by Gasteiger charge is -2.23. The van der Waals surface area contributed by atoms with Crippen LogP contribution in [0, 0.1) is 6.92 Å². The van der Waals surface area contributed by atoms with Gasteiger partial charge in [-0.15, -0.1) is 0 Å². The van der Waals surface area contributed by atoms with Crippen molar-refractivity contribution >= 4 is 23.5 Å². The number of aromatic nitrogens is 1. The van der Waals surface area contributed by atoms with E-state index in [-0.39, 0.29) is 23.2 Å². The number of fused-ring (bicyclic) bond motifs is 1. The van der Waals surface area contributed by atoms with Gasteiger partial charge < -0.3 is 20.5 Å². The lowest BCUT2D eigenvalue weighted by Crippen LogP contribution is -2.55. The van der Waals surface area contributed by atoms with Crippen LogP contribution in [0.3, 0.4) is 0 Å². The van der Waals surface area contributed by atoms with Gasteiger partial charge in [0.2, 0.25) is 5.91 Å². The van der Waals surface area contributed by atoms with Gasteiger partial charge >= 0.3 is 0 Å². The second kappa shape index (κ2) is 9.47. The Labute approximate surface area is 194 Å². The summed E-state index contributed by atoms with van der Waals surface area (Å²) in [7, 11) is 1.41. The third kappa shape index (κ3) is 4.64. The van der Waals surface area contributed by atoms with E-state index in [1.165, 1.54) is 27.8 Å². The number of carbonyl (C=O) groups excluding carboxylic acids is 4. The number of rotatable bonds is 7. The van der Waals surface area contributed by atoms with Crippen molar-refractivity contribution < 1.29 is 32.3 Å². The first-order valence-electron chi connectivity index (χ1n) is 10.9. The van der Waals surface area contributed by atoms with Crippen molar-refractivity contribution in [1.82, 2.24) is 20.5 Å². The van der Waals surface area contributed by atoms with Crippen molar-refractivity contribution in [2.24, 2.45) is 0 Å². The molecule has 8 nitrogen and oxygen atoms in total. The molecule has 2 heterocycles. The molecule has 1 aromatic heterocycles. The largest absolute Gasteiger partial charge is 0.357 e. The molecule has 11 heteroatoms. The molecule has 0 fully saturated rings. The molecule has 1 aromatic rings. The molecule has 0 saturated carbocycles. The van der Waals surface area contributed by atoms with Gasteiger partial charge in [0, 0.05) is 19.3 Å². The molecule has 184 valence electrons. The number of amides is 3. The summed E-state index contributed by atoms with van der Waals surface area (Å²) in [5.41, 5.74) is -1.07. The highest BCUT2D eigenvalue weighted by Crippen LogP contribution is 2.30. The van der Waals surface area contributed by atoms with E-state index in [1.54, 1.807) is 4.57 Å². The third-order valence-corrected chi connectivity index (χ3v) is 6.04. The maximum atomic E-state index is 13.6. The molecule has 0 radical (unpaired) electrons. The minimum atomic E-state index is -3.02. The van der Waals surface area contributed by atoms with Crippen molar-refractivity contribution in [3.63, 3.8) is 0 Å². The summed E-state index contributed by atoms with van der Waals surface area (Å²) in [5, 5.41) is 7.44. The fourth-order valence-corrected chi connectivity index (χ4v) is 4.36. The van der Waals surface area contributed by atoms with Gasteiger partial charge in [0.25, 0.3) is 24.0 Å². The normalized spacial score (nSPS) is 17.6. The number of alkyl halides is 2. The van der Waals surface area contributed by atoms with E-state index in [1.807, 2.05) is 0 Å². The molecule has 3 rings (SSSR count). The zero-order chi connectivity index (χ0) is 25.4. The maximum absolute atomic E-state index is 13.6. The summed E-state index contributed by atoms with van der Waals surface area (Å²) in [6.07, 6.45) is 0.0830. The molecule has 0 aromatic carbocycles. The molecule has 0 spiro atoms. The van der Waals surface area contributed by atoms with E-state index in [0.717, 1.165) is 12.2 Å². The number of hydrogen-bond acceptors (Lipinski definition) is 4. The summed E-state index contributed by atoms with van der Waals surface area (Å²) in [5.74, 6) is -3.97. The second-order valence-electron chi connectivity index (χ2n) is 8.83. The van der Waals surface area contributed by atoms with Gasteiger partial charge in [-0.05, 0) is 51.7 Å². The fourth-order valence-electron chi connectivity index (χ4n) is 4.36. The molecule has 1 unspecified atom stereocenters. The summed E-state index contributed by atoms with van der Waals surface area (Å²) in [6, 6.07) is -0.848. The van der Waals surface area contributed by atoms with Crippen LogP contribution in [0.1, 0.15) is 58.8 Å². The molecule has 3 amide bonds. The predicted octanol–water partition coefficient (Wildman–Crippen LogP) is 2.11. The lowest BCUT2D eigenvalue weighted by molar-refractivity contribution is -0.130. The number of likely N-dealkylation sites (N-methyl/N-ethyl adjacent to an activating group) is 1. The van der Waals surface area contributed by atoms with E-state index < -0.39 is 52.9 Å². The highest BCUT2D eigenvalue weighted by molar-refractivity contribution is 6.44. The maximum Gasteiger partial charge on any atom is 0.293 e. The molecule has 2 aliphatic rings. The van der Waals surface area contributed by atoms with Gasteiger partial charge in [-0.25, -0.2) is 13.2 Å². The SMILES string of the molecule is CNC(=O)C(C)(C)NC(=O)C(=O)c1c(C)c(C(=O)NC2C=C(C(F)F)C(F)=CC2)n2c1CCC2. The molecular formula is C23H27F3N4O4. The number of nitrogens with zero attached hydrogens (tertiary/aromatic N) is 1. The Kier molecular flexibility index (Phi) is 7.04. The van der Waals surface area contributed by atoms with Gasteiger partial charge in [-0.2, -0.15) is 0 Å². The van der Waals surface area contributed by atoms with E-state index in [9.17, 15) is 32.3 Å². The minimum absolute atomic E-state index is 0.00315. The monoisotopic (exact) mass is 480 g/mol. The Balaban J connectivity index is 1.88. The zero-order valence-electron chi connectivity index (χ0n) is 19.4. The Morgan fingerprint density at radius 2 is 1.88 bits per heavy atom. The lowest BCUT2D eigenvalue weighted by atomic mass is 9.99. The Bertz CT molecular complexity index is 1120. The van der Waals surface area contributed by atoms with Crippen LogP contribution in [0.2, 0.25) is 0 Å². The van der Waals surface area contributed by atoms with Crippen LogP contribution in [0.15, 0.2) is 23.6 Å². The smallest absolute Gasteiger partial charge is 0.293 e. The molecular weight excluding hydrogens is 453 g/mol. The Morgan fingerprint density at radius 1 is 1.21 bits per heavy atom. The molecule has 0 saturated heterocycles. The average molecular weight is 480 g/mol. The molecule has 3 N–H and O–H groups in total. The number of allylic oxidation sites excluding steroid dienone is 2. The van der Waals surface area contributed by atoms with Crippen LogP contribution >= 0.6 is 0 Å². The Hall–Kier alpha value is -3.37. The zero-order valence-corrected chi connectivity index (χ0v) is 19.4. The van der Waals surface area contributed by atoms with Crippen LogP contribution in [-0.4, -0.2) is 53.1 Å². The standard InChI is InChI=1S/C23H27F3N4O4/c1-11-16(18(31)21(33)29-23(2,3)22(34)27-4)15-6-5-9-30(15)17(11)20(32)28-12-7-8-14(24)13(10-12)19(25)26/h8,10,12,19H,5-7,9H2,1-4H3,(H,27,34)(H,28,32)(H,29,33). The van der Waals surface area contributed by atoms with Crippen LogP contribution in [0.5, 0.6) is 0 Å². The van der Waals surface area contributed by atoms with E-state index >= 15 is 0 Å². The number of Topliss-reactive ketones (excluding diaryl/α,β-unsaturated/α-hetero) is 1. The van der Waals surface area contributed by atoms with Crippen LogP contribution < -0.4 is 16.0 Å². The summed E-state index contributed by atoms with van der Waals surface area (Å²) >= 11 is 0. The van der Waals surface area contributed by atoms with Crippen molar-refractivity contribution in [1.29, 1.82) is 0 Å². The molecule has 1 aliphatic heterocycles. The number of ketones is 1. The Morgan fingerprint density at radius 3 is 2.50 bits per heavy atom. The number of carbonyl (C=O) groups is 4. The van der Waals surface area contributed by atoms with Crippen molar-refractivity contribution in [3.8, 4) is 0 Å². The summed E-state index contributed by atoms with van der Waals surface area (Å²) < 4.78 is 41.4. The van der Waals surface area contributed by atoms with E-state index in [0.29, 0.717) is 25.1 Å². The highest BCUT2D eigenvalue weighted by atomic mass is 19.3. The van der Waals surface area contributed by atoms with Crippen molar-refractivity contribution in [2.45, 2.75) is 64.6 Å². The number of hydrogen-bond donors (Lipinski definition) is 3. The molecule has 1 atom stereocenters. The minimum Gasteiger partial charge on any atom is -0.357 e. The van der Waals surface area contributed by atoms with Gasteiger partial charge in [-0.3, -0.25) is 19.2 Å². The second-order valence-corrected chi connectivity index (χ2v) is 8.83. The predicted molar refractivity (Wildman–Crippen MR) is 117 cm³/mol. The molecule has 1 aliphatic carbocycles. The third-order valence-electron chi connectivity index (χ3n) is 6.04. The highest BCUT2D eigenvalue weighted by Gasteiger charge is 2.37. The molecule has 0 bridgehead atoms. The quantitative estimate of drug-likeness (QED) is 0.410. The van der Waals surface area contributed by atoms with Gasteiger partial charge in [0.05, 0.1) is 17.2 Å². The average Bonchev–Trinajstić information content (AvgIpc) is 3.32. The van der Waals surface area contributed by atoms with Crippen molar-refractivity contribution in [3.05, 3.63) is 46.1 Å².